The lowest BCUT2D eigenvalue weighted by molar-refractivity contribution is -0.121. The van der Waals surface area contributed by atoms with Crippen LogP contribution in [-0.2, 0) is 11.3 Å². The smallest absolute Gasteiger partial charge is 0.335 e. The molecular weight excluding hydrogens is 232 g/mol. The van der Waals surface area contributed by atoms with Gasteiger partial charge >= 0.3 is 5.97 Å². The molecule has 0 aliphatic heterocycles. The standard InChI is InChI=1S/C13H18N2O3/c1-3-14-12(16)9-15(2)8-10-4-6-11(7-5-10)13(17)18/h4-7H,3,8-9H2,1-2H3,(H,14,16)(H,17,18). The third-order valence-electron chi connectivity index (χ3n) is 2.44. The first kappa shape index (κ1) is 14.2. The molecule has 0 spiro atoms. The number of carbonyl (C=O) groups excluding carboxylic acids is 1. The Morgan fingerprint density at radius 2 is 1.89 bits per heavy atom. The van der Waals surface area contributed by atoms with Crippen molar-refractivity contribution in [3.05, 3.63) is 35.4 Å². The van der Waals surface area contributed by atoms with Crippen molar-refractivity contribution in [3.8, 4) is 0 Å². The minimum atomic E-state index is -0.933. The highest BCUT2D eigenvalue weighted by Crippen LogP contribution is 2.06. The summed E-state index contributed by atoms with van der Waals surface area (Å²) >= 11 is 0. The van der Waals surface area contributed by atoms with Crippen LogP contribution in [-0.4, -0.2) is 42.0 Å². The van der Waals surface area contributed by atoms with Crippen molar-refractivity contribution in [2.75, 3.05) is 20.1 Å². The fourth-order valence-electron chi connectivity index (χ4n) is 1.62. The minimum Gasteiger partial charge on any atom is -0.478 e. The molecule has 0 heterocycles. The van der Waals surface area contributed by atoms with Crippen LogP contribution in [0.25, 0.3) is 0 Å². The van der Waals surface area contributed by atoms with Gasteiger partial charge in [-0.3, -0.25) is 9.69 Å². The first-order valence-corrected chi connectivity index (χ1v) is 5.80. The van der Waals surface area contributed by atoms with Gasteiger partial charge in [0.2, 0.25) is 5.91 Å². The quantitative estimate of drug-likeness (QED) is 0.788. The second-order valence-corrected chi connectivity index (χ2v) is 4.13. The summed E-state index contributed by atoms with van der Waals surface area (Å²) in [4.78, 5) is 23.9. The molecule has 5 nitrogen and oxygen atoms in total. The highest BCUT2D eigenvalue weighted by atomic mass is 16.4. The molecule has 0 bridgehead atoms. The van der Waals surface area contributed by atoms with E-state index in [1.807, 2.05) is 18.9 Å². The maximum Gasteiger partial charge on any atom is 0.335 e. The molecule has 0 aliphatic carbocycles. The van der Waals surface area contributed by atoms with E-state index >= 15 is 0 Å². The number of aromatic carboxylic acids is 1. The molecule has 0 aromatic heterocycles. The van der Waals surface area contributed by atoms with E-state index in [0.29, 0.717) is 19.6 Å². The van der Waals surface area contributed by atoms with Gasteiger partial charge < -0.3 is 10.4 Å². The number of likely N-dealkylation sites (N-methyl/N-ethyl adjacent to an activating group) is 2. The van der Waals surface area contributed by atoms with Crippen molar-refractivity contribution in [2.45, 2.75) is 13.5 Å². The van der Waals surface area contributed by atoms with E-state index in [2.05, 4.69) is 5.32 Å². The lowest BCUT2D eigenvalue weighted by Crippen LogP contribution is -2.34. The molecule has 18 heavy (non-hydrogen) atoms. The maximum absolute atomic E-state index is 11.4. The first-order chi connectivity index (χ1) is 8.52. The minimum absolute atomic E-state index is 0.0119. The number of carbonyl (C=O) groups is 2. The molecular formula is C13H18N2O3. The van der Waals surface area contributed by atoms with Gasteiger partial charge in [-0.1, -0.05) is 12.1 Å². The topological polar surface area (TPSA) is 69.6 Å². The summed E-state index contributed by atoms with van der Waals surface area (Å²) in [6.07, 6.45) is 0. The highest BCUT2D eigenvalue weighted by molar-refractivity contribution is 5.87. The Kier molecular flexibility index (Phi) is 5.32. The summed E-state index contributed by atoms with van der Waals surface area (Å²) in [5.41, 5.74) is 1.25. The number of hydrogen-bond donors (Lipinski definition) is 2. The van der Waals surface area contributed by atoms with Gasteiger partial charge in [0, 0.05) is 13.1 Å². The van der Waals surface area contributed by atoms with Gasteiger partial charge in [-0.2, -0.15) is 0 Å². The maximum atomic E-state index is 11.4. The average molecular weight is 250 g/mol. The lowest BCUT2D eigenvalue weighted by Gasteiger charge is -2.16. The molecule has 0 radical (unpaired) electrons. The van der Waals surface area contributed by atoms with Crippen LogP contribution in [0.5, 0.6) is 0 Å². The molecule has 98 valence electrons. The van der Waals surface area contributed by atoms with Gasteiger partial charge in [-0.15, -0.1) is 0 Å². The van der Waals surface area contributed by atoms with Crippen LogP contribution >= 0.6 is 0 Å². The third-order valence-corrected chi connectivity index (χ3v) is 2.44. The van der Waals surface area contributed by atoms with Gasteiger partial charge in [0.05, 0.1) is 12.1 Å². The Labute approximate surface area is 106 Å². The van der Waals surface area contributed by atoms with Crippen LogP contribution in [0.3, 0.4) is 0 Å². The van der Waals surface area contributed by atoms with E-state index in [0.717, 1.165) is 5.56 Å². The number of hydrogen-bond acceptors (Lipinski definition) is 3. The largest absolute Gasteiger partial charge is 0.478 e. The van der Waals surface area contributed by atoms with Crippen molar-refractivity contribution >= 4 is 11.9 Å². The molecule has 1 aromatic rings. The van der Waals surface area contributed by atoms with E-state index < -0.39 is 5.97 Å². The Bertz CT molecular complexity index is 415. The van der Waals surface area contributed by atoms with Gasteiger partial charge in [-0.25, -0.2) is 4.79 Å². The zero-order chi connectivity index (χ0) is 13.5. The zero-order valence-corrected chi connectivity index (χ0v) is 10.6. The second-order valence-electron chi connectivity index (χ2n) is 4.13. The Balaban J connectivity index is 2.51. The number of amides is 1. The van der Waals surface area contributed by atoms with Gasteiger partial charge in [0.1, 0.15) is 0 Å². The fourth-order valence-corrected chi connectivity index (χ4v) is 1.62. The second kappa shape index (κ2) is 6.76. The highest BCUT2D eigenvalue weighted by Gasteiger charge is 2.07. The molecule has 2 N–H and O–H groups in total. The lowest BCUT2D eigenvalue weighted by atomic mass is 10.1. The van der Waals surface area contributed by atoms with E-state index in [4.69, 9.17) is 5.11 Å². The predicted molar refractivity (Wildman–Crippen MR) is 68.4 cm³/mol. The Hall–Kier alpha value is -1.88. The van der Waals surface area contributed by atoms with Crippen LogP contribution in [0.1, 0.15) is 22.8 Å². The van der Waals surface area contributed by atoms with Crippen molar-refractivity contribution in [2.24, 2.45) is 0 Å². The summed E-state index contributed by atoms with van der Waals surface area (Å²) in [5, 5.41) is 11.5. The van der Waals surface area contributed by atoms with Crippen LogP contribution in [0.2, 0.25) is 0 Å². The van der Waals surface area contributed by atoms with E-state index in [1.165, 1.54) is 0 Å². The molecule has 0 saturated heterocycles. The van der Waals surface area contributed by atoms with Crippen molar-refractivity contribution in [3.63, 3.8) is 0 Å². The zero-order valence-electron chi connectivity index (χ0n) is 10.6. The summed E-state index contributed by atoms with van der Waals surface area (Å²) in [5.74, 6) is -0.945. The van der Waals surface area contributed by atoms with Crippen LogP contribution in [0.15, 0.2) is 24.3 Å². The first-order valence-electron chi connectivity index (χ1n) is 5.80. The number of carboxylic acids is 1. The number of nitrogens with zero attached hydrogens (tertiary/aromatic N) is 1. The Morgan fingerprint density at radius 1 is 1.28 bits per heavy atom. The van der Waals surface area contributed by atoms with Crippen molar-refractivity contribution < 1.29 is 14.7 Å². The molecule has 1 rings (SSSR count). The summed E-state index contributed by atoms with van der Waals surface area (Å²) in [6, 6.07) is 6.66. The summed E-state index contributed by atoms with van der Waals surface area (Å²) in [6.45, 7) is 3.44. The van der Waals surface area contributed by atoms with E-state index in [1.54, 1.807) is 24.3 Å². The average Bonchev–Trinajstić information content (AvgIpc) is 2.29. The van der Waals surface area contributed by atoms with Gasteiger partial charge in [0.25, 0.3) is 0 Å². The molecule has 0 fully saturated rings. The molecule has 1 amide bonds. The van der Waals surface area contributed by atoms with Crippen molar-refractivity contribution in [1.29, 1.82) is 0 Å². The normalized spacial score (nSPS) is 10.4. The Morgan fingerprint density at radius 3 is 2.39 bits per heavy atom. The van der Waals surface area contributed by atoms with Crippen LogP contribution in [0, 0.1) is 0 Å². The monoisotopic (exact) mass is 250 g/mol. The molecule has 0 atom stereocenters. The third kappa shape index (κ3) is 4.55. The SMILES string of the molecule is CCNC(=O)CN(C)Cc1ccc(C(=O)O)cc1. The number of rotatable bonds is 6. The van der Waals surface area contributed by atoms with Crippen molar-refractivity contribution in [1.82, 2.24) is 10.2 Å². The molecule has 0 saturated carbocycles. The summed E-state index contributed by atoms with van der Waals surface area (Å²) < 4.78 is 0. The molecule has 5 heteroatoms. The van der Waals surface area contributed by atoms with Gasteiger partial charge in [-0.05, 0) is 31.7 Å². The fraction of sp³-hybridized carbons (Fsp3) is 0.385. The number of nitrogens with one attached hydrogen (secondary N) is 1. The van der Waals surface area contributed by atoms with Crippen LogP contribution in [0.4, 0.5) is 0 Å². The number of carboxylic acid groups (broad SMARTS) is 1. The molecule has 1 aromatic carbocycles. The molecule has 0 unspecified atom stereocenters. The van der Waals surface area contributed by atoms with Crippen LogP contribution < -0.4 is 5.32 Å². The predicted octanol–water partition coefficient (Wildman–Crippen LogP) is 0.953. The van der Waals surface area contributed by atoms with E-state index in [9.17, 15) is 9.59 Å². The molecule has 0 aliphatic rings. The summed E-state index contributed by atoms with van der Waals surface area (Å²) in [7, 11) is 1.85. The van der Waals surface area contributed by atoms with Gasteiger partial charge in [0.15, 0.2) is 0 Å². The van der Waals surface area contributed by atoms with E-state index in [-0.39, 0.29) is 11.5 Å². The number of benzene rings is 1.